The summed E-state index contributed by atoms with van der Waals surface area (Å²) in [7, 11) is -14.0. The summed E-state index contributed by atoms with van der Waals surface area (Å²) in [6.07, 6.45) is 0. The SMILES string of the molecule is O=S(=O)(O)O.O=S(=O)(O)O.O=S(=O)(O)O.[Mn].[Mn]. The summed E-state index contributed by atoms with van der Waals surface area (Å²) in [5.41, 5.74) is 0. The Morgan fingerprint density at radius 3 is 0.412 bits per heavy atom. The van der Waals surface area contributed by atoms with Gasteiger partial charge in [-0.05, 0) is 0 Å². The minimum Gasteiger partial charge on any atom is -0.264 e. The molecule has 6 N–H and O–H groups in total. The molecule has 0 rings (SSSR count). The molecule has 0 saturated heterocycles. The van der Waals surface area contributed by atoms with E-state index in [1.165, 1.54) is 0 Å². The van der Waals surface area contributed by atoms with Crippen molar-refractivity contribution in [2.75, 3.05) is 0 Å². The molecule has 0 aliphatic heterocycles. The zero-order valence-corrected chi connectivity index (χ0v) is 11.9. The van der Waals surface area contributed by atoms with E-state index < -0.39 is 31.2 Å². The first kappa shape index (κ1) is 30.6. The Morgan fingerprint density at radius 2 is 0.412 bits per heavy atom. The molecule has 0 fully saturated rings. The molecule has 17 heavy (non-hydrogen) atoms. The van der Waals surface area contributed by atoms with Gasteiger partial charge in [0.1, 0.15) is 0 Å². The fraction of sp³-hybridized carbons (Fsp3) is 0. The third-order valence-corrected chi connectivity index (χ3v) is 0. The first-order chi connectivity index (χ1) is 6.00. The van der Waals surface area contributed by atoms with Gasteiger partial charge in [-0.3, -0.25) is 27.3 Å². The Labute approximate surface area is 117 Å². The van der Waals surface area contributed by atoms with Gasteiger partial charge in [-0.2, -0.15) is 25.3 Å². The van der Waals surface area contributed by atoms with E-state index in [1.807, 2.05) is 0 Å². The largest absolute Gasteiger partial charge is 0.394 e. The molecule has 0 bridgehead atoms. The first-order valence-electron chi connectivity index (χ1n) is 2.10. The van der Waals surface area contributed by atoms with Crippen molar-refractivity contribution in [3.63, 3.8) is 0 Å². The fourth-order valence-corrected chi connectivity index (χ4v) is 0. The molecule has 17 heteroatoms. The zero-order valence-electron chi connectivity index (χ0n) is 7.11. The van der Waals surface area contributed by atoms with E-state index in [-0.39, 0.29) is 34.1 Å². The van der Waals surface area contributed by atoms with Gasteiger partial charge in [-0.15, -0.1) is 0 Å². The molecule has 0 aromatic carbocycles. The Morgan fingerprint density at radius 1 is 0.412 bits per heavy atom. The first-order valence-corrected chi connectivity index (χ1v) is 6.29. The molecule has 0 aromatic heterocycles. The van der Waals surface area contributed by atoms with Crippen molar-refractivity contribution < 1.29 is 86.7 Å². The summed E-state index contributed by atoms with van der Waals surface area (Å²) >= 11 is 0. The Kier molecular flexibility index (Phi) is 21.1. The van der Waals surface area contributed by atoms with E-state index in [1.54, 1.807) is 0 Å². The number of hydrogen-bond acceptors (Lipinski definition) is 6. The predicted molar refractivity (Wildman–Crippen MR) is 42.5 cm³/mol. The summed E-state index contributed by atoms with van der Waals surface area (Å²) in [6.45, 7) is 0. The van der Waals surface area contributed by atoms with Gasteiger partial charge in [-0.25, -0.2) is 0 Å². The Balaban J connectivity index is -0.0000000400. The van der Waals surface area contributed by atoms with Crippen LogP contribution in [0.25, 0.3) is 0 Å². The van der Waals surface area contributed by atoms with Crippen LogP contribution in [0.2, 0.25) is 0 Å². The second kappa shape index (κ2) is 11.7. The van der Waals surface area contributed by atoms with Gasteiger partial charge in [0.05, 0.1) is 0 Å². The van der Waals surface area contributed by atoms with E-state index in [4.69, 9.17) is 52.6 Å². The van der Waals surface area contributed by atoms with Gasteiger partial charge in [0, 0.05) is 34.1 Å². The third kappa shape index (κ3) is 8480. The van der Waals surface area contributed by atoms with Crippen LogP contribution in [0, 0.1) is 0 Å². The molecule has 0 heterocycles. The van der Waals surface area contributed by atoms with Crippen molar-refractivity contribution in [1.82, 2.24) is 0 Å². The number of hydrogen-bond donors (Lipinski definition) is 6. The molecule has 0 amide bonds. The van der Waals surface area contributed by atoms with Crippen LogP contribution in [0.15, 0.2) is 0 Å². The van der Waals surface area contributed by atoms with Crippen molar-refractivity contribution in [3.05, 3.63) is 0 Å². The van der Waals surface area contributed by atoms with Crippen molar-refractivity contribution >= 4 is 31.2 Å². The van der Waals surface area contributed by atoms with Crippen LogP contribution < -0.4 is 0 Å². The van der Waals surface area contributed by atoms with Crippen LogP contribution >= 0.6 is 0 Å². The molecular formula is H6Mn2O12S3. The van der Waals surface area contributed by atoms with Crippen LogP contribution in [0.5, 0.6) is 0 Å². The summed E-state index contributed by atoms with van der Waals surface area (Å²) in [5, 5.41) is 0. The van der Waals surface area contributed by atoms with Crippen molar-refractivity contribution in [2.24, 2.45) is 0 Å². The van der Waals surface area contributed by atoms with Crippen molar-refractivity contribution in [2.45, 2.75) is 0 Å². The summed E-state index contributed by atoms with van der Waals surface area (Å²) < 4.78 is 94.8. The summed E-state index contributed by atoms with van der Waals surface area (Å²) in [6, 6.07) is 0. The third-order valence-electron chi connectivity index (χ3n) is 0. The van der Waals surface area contributed by atoms with Crippen molar-refractivity contribution in [1.29, 1.82) is 0 Å². The van der Waals surface area contributed by atoms with Crippen LogP contribution in [-0.4, -0.2) is 52.6 Å². The average molecular weight is 404 g/mol. The standard InChI is InChI=1S/2Mn.3H2O4S/c;;3*1-5(2,3)4/h;;3*(H2,1,2,3,4). The van der Waals surface area contributed by atoms with Gasteiger partial charge in [0.25, 0.3) is 0 Å². The molecule has 0 spiro atoms. The second-order valence-corrected chi connectivity index (χ2v) is 4.03. The zero-order chi connectivity index (χ0) is 13.5. The van der Waals surface area contributed by atoms with Crippen LogP contribution in [0.3, 0.4) is 0 Å². The molecule has 0 aliphatic rings. The second-order valence-electron chi connectivity index (χ2n) is 1.34. The van der Waals surface area contributed by atoms with Gasteiger partial charge < -0.3 is 0 Å². The maximum Gasteiger partial charge on any atom is 0.394 e. The molecule has 0 unspecified atom stereocenters. The number of rotatable bonds is 0. The molecule has 0 saturated carbocycles. The van der Waals surface area contributed by atoms with E-state index in [0.717, 1.165) is 0 Å². The van der Waals surface area contributed by atoms with Crippen LogP contribution in [-0.2, 0) is 65.3 Å². The Hall–Kier alpha value is 0.649. The quantitative estimate of drug-likeness (QED) is 0.191. The van der Waals surface area contributed by atoms with Crippen LogP contribution in [0.4, 0.5) is 0 Å². The molecule has 12 nitrogen and oxygen atoms in total. The molecule has 2 radical (unpaired) electrons. The molecule has 0 aliphatic carbocycles. The average Bonchev–Trinajstić information content (AvgIpc) is 1.41. The topological polar surface area (TPSA) is 224 Å². The van der Waals surface area contributed by atoms with E-state index in [0.29, 0.717) is 0 Å². The van der Waals surface area contributed by atoms with Crippen LogP contribution in [0.1, 0.15) is 0 Å². The monoisotopic (exact) mass is 404 g/mol. The summed E-state index contributed by atoms with van der Waals surface area (Å²) in [5.74, 6) is 0. The van der Waals surface area contributed by atoms with Crippen molar-refractivity contribution in [3.8, 4) is 0 Å². The maximum absolute atomic E-state index is 8.74. The minimum absolute atomic E-state index is 0. The molecule has 0 atom stereocenters. The minimum atomic E-state index is -4.67. The van der Waals surface area contributed by atoms with E-state index in [9.17, 15) is 0 Å². The Bertz CT molecular complexity index is 341. The maximum atomic E-state index is 8.74. The van der Waals surface area contributed by atoms with Gasteiger partial charge in [0.15, 0.2) is 0 Å². The molecule has 0 aromatic rings. The summed E-state index contributed by atoms with van der Waals surface area (Å²) in [4.78, 5) is 0. The molecular weight excluding hydrogens is 398 g/mol. The smallest absolute Gasteiger partial charge is 0.264 e. The van der Waals surface area contributed by atoms with E-state index >= 15 is 0 Å². The fourth-order valence-electron chi connectivity index (χ4n) is 0. The predicted octanol–water partition coefficient (Wildman–Crippen LogP) is -1.96. The molecule has 110 valence electrons. The van der Waals surface area contributed by atoms with E-state index in [2.05, 4.69) is 0 Å². The van der Waals surface area contributed by atoms with Gasteiger partial charge >= 0.3 is 31.2 Å². The van der Waals surface area contributed by atoms with Gasteiger partial charge in [-0.1, -0.05) is 0 Å². The van der Waals surface area contributed by atoms with Gasteiger partial charge in [0.2, 0.25) is 0 Å². The normalized spacial score (nSPS) is 10.2.